The van der Waals surface area contributed by atoms with Gasteiger partial charge in [-0.2, -0.15) is 0 Å². The van der Waals surface area contributed by atoms with Crippen molar-refractivity contribution in [2.24, 2.45) is 11.8 Å². The zero-order valence-corrected chi connectivity index (χ0v) is 15.5. The van der Waals surface area contributed by atoms with Gasteiger partial charge in [0.15, 0.2) is 6.61 Å². The molecule has 2 atom stereocenters. The van der Waals surface area contributed by atoms with Gasteiger partial charge in [0.2, 0.25) is 0 Å². The molecule has 27 heavy (non-hydrogen) atoms. The second-order valence-corrected chi connectivity index (χ2v) is 7.25. The van der Waals surface area contributed by atoms with Gasteiger partial charge in [-0.05, 0) is 36.8 Å². The van der Waals surface area contributed by atoms with Crippen LogP contribution in [0.25, 0.3) is 0 Å². The van der Waals surface area contributed by atoms with Crippen molar-refractivity contribution in [1.29, 1.82) is 0 Å². The van der Waals surface area contributed by atoms with Gasteiger partial charge >= 0.3 is 5.97 Å². The molecule has 1 heterocycles. The van der Waals surface area contributed by atoms with Crippen LogP contribution in [0.5, 0.6) is 0 Å². The summed E-state index contributed by atoms with van der Waals surface area (Å²) in [7, 11) is 1.56. The molecule has 2 aliphatic rings. The van der Waals surface area contributed by atoms with E-state index in [-0.39, 0.29) is 23.8 Å². The standard InChI is InChI=1S/C19H25N3O5/c1-20-16-7-6-14(10-17(16)22(25)26)19(24)27-12-18(23)21-9-8-13-4-2-3-5-15(13)11-21/h6-7,10,13,15,20H,2-5,8-9,11-12H2,1H3/t13-,15+/m1/s1. The predicted molar refractivity (Wildman–Crippen MR) is 99.6 cm³/mol. The second kappa shape index (κ2) is 8.37. The van der Waals surface area contributed by atoms with Crippen molar-refractivity contribution in [3.05, 3.63) is 33.9 Å². The molecule has 1 aromatic rings. The van der Waals surface area contributed by atoms with Crippen molar-refractivity contribution < 1.29 is 19.2 Å². The molecule has 1 saturated carbocycles. The van der Waals surface area contributed by atoms with Gasteiger partial charge in [-0.15, -0.1) is 0 Å². The van der Waals surface area contributed by atoms with Crippen LogP contribution in [0.1, 0.15) is 42.5 Å². The van der Waals surface area contributed by atoms with Crippen molar-refractivity contribution >= 4 is 23.3 Å². The number of nitrogens with one attached hydrogen (secondary N) is 1. The van der Waals surface area contributed by atoms with E-state index in [1.165, 1.54) is 31.4 Å². The number of nitro groups is 1. The highest BCUT2D eigenvalue weighted by Crippen LogP contribution is 2.36. The van der Waals surface area contributed by atoms with E-state index in [1.54, 1.807) is 11.9 Å². The minimum Gasteiger partial charge on any atom is -0.452 e. The van der Waals surface area contributed by atoms with Crippen molar-refractivity contribution in [3.63, 3.8) is 0 Å². The molecule has 3 rings (SSSR count). The van der Waals surface area contributed by atoms with Gasteiger partial charge in [0.25, 0.3) is 11.6 Å². The first kappa shape index (κ1) is 19.1. The Balaban J connectivity index is 1.56. The number of piperidine rings is 1. The first-order valence-electron chi connectivity index (χ1n) is 9.40. The summed E-state index contributed by atoms with van der Waals surface area (Å²) >= 11 is 0. The molecule has 1 saturated heterocycles. The number of anilines is 1. The summed E-state index contributed by atoms with van der Waals surface area (Å²) in [4.78, 5) is 36.9. The maximum atomic E-state index is 12.4. The quantitative estimate of drug-likeness (QED) is 0.482. The number of amides is 1. The minimum absolute atomic E-state index is 0.0551. The summed E-state index contributed by atoms with van der Waals surface area (Å²) in [6.45, 7) is 1.11. The number of carbonyl (C=O) groups excluding carboxylic acids is 2. The summed E-state index contributed by atoms with van der Waals surface area (Å²) < 4.78 is 5.11. The molecule has 1 aliphatic heterocycles. The Kier molecular flexibility index (Phi) is 5.93. The molecule has 0 spiro atoms. The molecule has 8 nitrogen and oxygen atoms in total. The van der Waals surface area contributed by atoms with Gasteiger partial charge < -0.3 is 15.0 Å². The summed E-state index contributed by atoms with van der Waals surface area (Å²) in [5, 5.41) is 13.8. The van der Waals surface area contributed by atoms with Crippen molar-refractivity contribution in [2.45, 2.75) is 32.1 Å². The van der Waals surface area contributed by atoms with Gasteiger partial charge in [0, 0.05) is 26.2 Å². The van der Waals surface area contributed by atoms with E-state index >= 15 is 0 Å². The maximum absolute atomic E-state index is 12.4. The van der Waals surface area contributed by atoms with Crippen molar-refractivity contribution in [1.82, 2.24) is 4.90 Å². The highest BCUT2D eigenvalue weighted by Gasteiger charge is 2.33. The average Bonchev–Trinajstić information content (AvgIpc) is 2.70. The van der Waals surface area contributed by atoms with Gasteiger partial charge in [-0.3, -0.25) is 14.9 Å². The summed E-state index contributed by atoms with van der Waals surface area (Å²) in [5.74, 6) is 0.343. The molecule has 1 N–H and O–H groups in total. The van der Waals surface area contributed by atoms with Crippen molar-refractivity contribution in [2.75, 3.05) is 32.1 Å². The highest BCUT2D eigenvalue weighted by atomic mass is 16.6. The largest absolute Gasteiger partial charge is 0.452 e. The van der Waals surface area contributed by atoms with Crippen LogP contribution >= 0.6 is 0 Å². The molecule has 1 aromatic carbocycles. The Morgan fingerprint density at radius 3 is 2.70 bits per heavy atom. The minimum atomic E-state index is -0.735. The maximum Gasteiger partial charge on any atom is 0.338 e. The SMILES string of the molecule is CNc1ccc(C(=O)OCC(=O)N2CC[C@H]3CCCC[C@H]3C2)cc1[N+](=O)[O-]. The molecular weight excluding hydrogens is 350 g/mol. The van der Waals surface area contributed by atoms with Crippen LogP contribution in [0.15, 0.2) is 18.2 Å². The number of rotatable bonds is 5. The monoisotopic (exact) mass is 375 g/mol. The molecule has 1 aliphatic carbocycles. The molecule has 2 fully saturated rings. The van der Waals surface area contributed by atoms with Gasteiger partial charge in [-0.25, -0.2) is 4.79 Å². The van der Waals surface area contributed by atoms with Crippen LogP contribution in [0, 0.1) is 22.0 Å². The van der Waals surface area contributed by atoms with Crippen LogP contribution in [0.3, 0.4) is 0 Å². The lowest BCUT2D eigenvalue weighted by Gasteiger charge is -2.41. The lowest BCUT2D eigenvalue weighted by Crippen LogP contribution is -2.46. The number of esters is 1. The Morgan fingerprint density at radius 2 is 2.00 bits per heavy atom. The second-order valence-electron chi connectivity index (χ2n) is 7.25. The van der Waals surface area contributed by atoms with Gasteiger partial charge in [0.05, 0.1) is 10.5 Å². The number of hydrogen-bond donors (Lipinski definition) is 1. The number of ether oxygens (including phenoxy) is 1. The van der Waals surface area contributed by atoms with Crippen LogP contribution < -0.4 is 5.32 Å². The van der Waals surface area contributed by atoms with E-state index in [1.807, 2.05) is 0 Å². The lowest BCUT2D eigenvalue weighted by molar-refractivity contribution is -0.384. The van der Waals surface area contributed by atoms with E-state index in [0.717, 1.165) is 31.4 Å². The Morgan fingerprint density at radius 1 is 1.26 bits per heavy atom. The molecule has 0 unspecified atom stereocenters. The third-order valence-corrected chi connectivity index (χ3v) is 5.67. The summed E-state index contributed by atoms with van der Waals surface area (Å²) in [6.07, 6.45) is 5.94. The summed E-state index contributed by atoms with van der Waals surface area (Å²) in [6, 6.07) is 4.05. The first-order chi connectivity index (χ1) is 13.0. The fraction of sp³-hybridized carbons (Fsp3) is 0.579. The zero-order chi connectivity index (χ0) is 19.4. The predicted octanol–water partition coefficient (Wildman–Crippen LogP) is 2.83. The van der Waals surface area contributed by atoms with Crippen molar-refractivity contribution in [3.8, 4) is 0 Å². The topological polar surface area (TPSA) is 102 Å². The molecule has 0 aromatic heterocycles. The Hall–Kier alpha value is -2.64. The number of carbonyl (C=O) groups is 2. The number of benzene rings is 1. The molecule has 0 bridgehead atoms. The summed E-state index contributed by atoms with van der Waals surface area (Å²) in [5.41, 5.74) is 0.153. The normalized spacial score (nSPS) is 21.9. The van der Waals surface area contributed by atoms with E-state index in [4.69, 9.17) is 4.74 Å². The van der Waals surface area contributed by atoms with E-state index in [9.17, 15) is 19.7 Å². The smallest absolute Gasteiger partial charge is 0.338 e. The first-order valence-corrected chi connectivity index (χ1v) is 9.40. The number of likely N-dealkylation sites (tertiary alicyclic amines) is 1. The number of nitrogens with zero attached hydrogens (tertiary/aromatic N) is 2. The highest BCUT2D eigenvalue weighted by molar-refractivity contribution is 5.93. The number of fused-ring (bicyclic) bond motifs is 1. The zero-order valence-electron chi connectivity index (χ0n) is 15.5. The molecule has 1 amide bonds. The Bertz CT molecular complexity index is 736. The van der Waals surface area contributed by atoms with E-state index in [2.05, 4.69) is 5.32 Å². The number of nitro benzene ring substituents is 1. The van der Waals surface area contributed by atoms with Gasteiger partial charge in [0.1, 0.15) is 5.69 Å². The van der Waals surface area contributed by atoms with E-state index < -0.39 is 10.9 Å². The molecule has 8 heteroatoms. The fourth-order valence-corrected chi connectivity index (χ4v) is 4.15. The molecule has 0 radical (unpaired) electrons. The third kappa shape index (κ3) is 4.37. The fourth-order valence-electron chi connectivity index (χ4n) is 4.15. The van der Waals surface area contributed by atoms with Crippen LogP contribution in [-0.2, 0) is 9.53 Å². The van der Waals surface area contributed by atoms with Gasteiger partial charge in [-0.1, -0.05) is 19.3 Å². The van der Waals surface area contributed by atoms with Crippen LogP contribution in [-0.4, -0.2) is 48.4 Å². The molecular formula is C19H25N3O5. The third-order valence-electron chi connectivity index (χ3n) is 5.67. The number of hydrogen-bond acceptors (Lipinski definition) is 6. The molecule has 146 valence electrons. The van der Waals surface area contributed by atoms with E-state index in [0.29, 0.717) is 18.2 Å². The average molecular weight is 375 g/mol. The Labute approximate surface area is 158 Å². The lowest BCUT2D eigenvalue weighted by atomic mass is 9.75. The van der Waals surface area contributed by atoms with Crippen LogP contribution in [0.4, 0.5) is 11.4 Å². The van der Waals surface area contributed by atoms with Crippen LogP contribution in [0.2, 0.25) is 0 Å².